The van der Waals surface area contributed by atoms with E-state index < -0.39 is 0 Å². The normalized spacial score (nSPS) is 12.3. The smallest absolute Gasteiger partial charge is 0.223 e. The number of ether oxygens (including phenoxy) is 1. The quantitative estimate of drug-likeness (QED) is 0.840. The molecule has 20 heavy (non-hydrogen) atoms. The van der Waals surface area contributed by atoms with Crippen LogP contribution < -0.4 is 10.1 Å². The summed E-state index contributed by atoms with van der Waals surface area (Å²) in [6, 6.07) is 5.46. The van der Waals surface area contributed by atoms with E-state index in [4.69, 9.17) is 9.26 Å². The molecule has 1 atom stereocenters. The number of nitrogens with one attached hydrogen (secondary N) is 1. The summed E-state index contributed by atoms with van der Waals surface area (Å²) in [5, 5.41) is 16.8. The van der Waals surface area contributed by atoms with E-state index in [1.807, 2.05) is 19.1 Å². The number of rotatable bonds is 6. The lowest BCUT2D eigenvalue weighted by molar-refractivity contribution is 0.372. The van der Waals surface area contributed by atoms with Crippen molar-refractivity contribution in [2.45, 2.75) is 26.3 Å². The van der Waals surface area contributed by atoms with E-state index in [0.717, 1.165) is 12.1 Å². The molecule has 0 saturated heterocycles. The Balaban J connectivity index is 1.89. The Morgan fingerprint density at radius 3 is 2.90 bits per heavy atom. The van der Waals surface area contributed by atoms with E-state index in [9.17, 15) is 5.11 Å². The molecule has 0 bridgehead atoms. The Morgan fingerprint density at radius 1 is 1.45 bits per heavy atom. The van der Waals surface area contributed by atoms with E-state index in [0.29, 0.717) is 23.9 Å². The van der Waals surface area contributed by atoms with Crippen molar-refractivity contribution >= 4 is 0 Å². The molecule has 0 aliphatic rings. The zero-order chi connectivity index (χ0) is 14.5. The maximum absolute atomic E-state index is 9.57. The first-order valence-electron chi connectivity index (χ1n) is 6.49. The summed E-state index contributed by atoms with van der Waals surface area (Å²) >= 11 is 0. The number of hydrogen-bond donors (Lipinski definition) is 2. The van der Waals surface area contributed by atoms with Gasteiger partial charge in [0.05, 0.1) is 7.11 Å². The van der Waals surface area contributed by atoms with Crippen LogP contribution in [-0.4, -0.2) is 28.9 Å². The van der Waals surface area contributed by atoms with Gasteiger partial charge in [-0.1, -0.05) is 11.2 Å². The molecule has 0 aliphatic heterocycles. The summed E-state index contributed by atoms with van der Waals surface area (Å²) in [6.45, 7) is 4.56. The van der Waals surface area contributed by atoms with Gasteiger partial charge in [-0.2, -0.15) is 4.98 Å². The van der Waals surface area contributed by atoms with Crippen molar-refractivity contribution in [1.82, 2.24) is 15.5 Å². The second-order valence-corrected chi connectivity index (χ2v) is 4.59. The lowest BCUT2D eigenvalue weighted by atomic mass is 10.1. The first kappa shape index (κ1) is 14.3. The van der Waals surface area contributed by atoms with Gasteiger partial charge in [-0.3, -0.25) is 0 Å². The number of methoxy groups -OCH3 is 1. The fourth-order valence-electron chi connectivity index (χ4n) is 1.92. The fraction of sp³-hybridized carbons (Fsp3) is 0.429. The maximum atomic E-state index is 9.57. The number of aromatic hydroxyl groups is 1. The molecule has 1 unspecified atom stereocenters. The first-order valence-corrected chi connectivity index (χ1v) is 6.49. The summed E-state index contributed by atoms with van der Waals surface area (Å²) in [7, 11) is 1.54. The molecule has 0 fully saturated rings. The highest BCUT2D eigenvalue weighted by Crippen LogP contribution is 2.28. The maximum Gasteiger partial charge on any atom is 0.223 e. The molecule has 6 nitrogen and oxygen atoms in total. The highest BCUT2D eigenvalue weighted by Gasteiger charge is 2.09. The molecule has 1 aromatic carbocycles. The third-order valence-corrected chi connectivity index (χ3v) is 3.07. The number of phenols is 1. The second kappa shape index (κ2) is 6.38. The summed E-state index contributed by atoms with van der Waals surface area (Å²) in [5.41, 5.74) is 1.05. The third-order valence-electron chi connectivity index (χ3n) is 3.07. The van der Waals surface area contributed by atoms with E-state index >= 15 is 0 Å². The Bertz CT molecular complexity index is 569. The van der Waals surface area contributed by atoms with Crippen LogP contribution in [0.15, 0.2) is 22.7 Å². The van der Waals surface area contributed by atoms with Gasteiger partial charge in [-0.05, 0) is 24.6 Å². The van der Waals surface area contributed by atoms with Crippen LogP contribution in [0.1, 0.15) is 30.2 Å². The predicted octanol–water partition coefficient (Wildman–Crippen LogP) is 1.99. The molecule has 2 N–H and O–H groups in total. The first-order chi connectivity index (χ1) is 9.60. The molecule has 0 radical (unpaired) electrons. The second-order valence-electron chi connectivity index (χ2n) is 4.59. The Hall–Kier alpha value is -2.08. The van der Waals surface area contributed by atoms with E-state index in [1.165, 1.54) is 7.11 Å². The molecule has 2 aromatic rings. The highest BCUT2D eigenvalue weighted by molar-refractivity contribution is 5.42. The summed E-state index contributed by atoms with van der Waals surface area (Å²) in [6.07, 6.45) is 0.705. The van der Waals surface area contributed by atoms with Gasteiger partial charge in [0.25, 0.3) is 0 Å². The van der Waals surface area contributed by atoms with Crippen molar-refractivity contribution in [3.8, 4) is 11.5 Å². The van der Waals surface area contributed by atoms with Crippen molar-refractivity contribution < 1.29 is 14.4 Å². The lowest BCUT2D eigenvalue weighted by Gasteiger charge is -2.15. The topological polar surface area (TPSA) is 80.4 Å². The Morgan fingerprint density at radius 2 is 2.25 bits per heavy atom. The standard InChI is InChI=1S/C14H19N3O3/c1-9(11-4-5-12(18)13(8-11)19-3)15-7-6-14-16-10(2)20-17-14/h4-5,8-9,15,18H,6-7H2,1-3H3. The van der Waals surface area contributed by atoms with Crippen molar-refractivity contribution in [1.29, 1.82) is 0 Å². The summed E-state index contributed by atoms with van der Waals surface area (Å²) < 4.78 is 10.0. The SMILES string of the molecule is COc1cc(C(C)NCCc2noc(C)n2)ccc1O. The number of aromatic nitrogens is 2. The van der Waals surface area contributed by atoms with Gasteiger partial charge >= 0.3 is 0 Å². The monoisotopic (exact) mass is 277 g/mol. The molecular weight excluding hydrogens is 258 g/mol. The number of phenolic OH excluding ortho intramolecular Hbond substituents is 1. The van der Waals surface area contributed by atoms with Crippen molar-refractivity contribution in [3.05, 3.63) is 35.5 Å². The minimum atomic E-state index is 0.137. The number of hydrogen-bond acceptors (Lipinski definition) is 6. The van der Waals surface area contributed by atoms with Crippen molar-refractivity contribution in [2.24, 2.45) is 0 Å². The van der Waals surface area contributed by atoms with Crippen molar-refractivity contribution in [2.75, 3.05) is 13.7 Å². The molecule has 108 valence electrons. The summed E-state index contributed by atoms with van der Waals surface area (Å²) in [4.78, 5) is 4.15. The molecule has 0 amide bonds. The summed E-state index contributed by atoms with van der Waals surface area (Å²) in [5.74, 6) is 1.90. The highest BCUT2D eigenvalue weighted by atomic mass is 16.5. The van der Waals surface area contributed by atoms with Crippen LogP contribution in [0.2, 0.25) is 0 Å². The minimum Gasteiger partial charge on any atom is -0.504 e. The average molecular weight is 277 g/mol. The van der Waals surface area contributed by atoms with Gasteiger partial charge in [0.15, 0.2) is 17.3 Å². The van der Waals surface area contributed by atoms with E-state index in [-0.39, 0.29) is 11.8 Å². The van der Waals surface area contributed by atoms with Gasteiger partial charge in [0.1, 0.15) is 0 Å². The van der Waals surface area contributed by atoms with Gasteiger partial charge in [-0.15, -0.1) is 0 Å². The van der Waals surface area contributed by atoms with Crippen molar-refractivity contribution in [3.63, 3.8) is 0 Å². The van der Waals surface area contributed by atoms with Crippen LogP contribution in [0, 0.1) is 6.92 Å². The zero-order valence-electron chi connectivity index (χ0n) is 11.9. The number of aryl methyl sites for hydroxylation is 1. The molecule has 0 aliphatic carbocycles. The Labute approximate surface area is 117 Å². The van der Waals surface area contributed by atoms with E-state index in [2.05, 4.69) is 15.5 Å². The van der Waals surface area contributed by atoms with Crippen LogP contribution in [0.5, 0.6) is 11.5 Å². The van der Waals surface area contributed by atoms with Gasteiger partial charge < -0.3 is 19.7 Å². The molecule has 2 rings (SSSR count). The Kier molecular flexibility index (Phi) is 4.57. The van der Waals surface area contributed by atoms with Gasteiger partial charge in [0.2, 0.25) is 5.89 Å². The molecule has 1 aromatic heterocycles. The average Bonchev–Trinajstić information content (AvgIpc) is 2.85. The molecular formula is C14H19N3O3. The molecule has 6 heteroatoms. The number of benzene rings is 1. The molecule has 0 spiro atoms. The predicted molar refractivity (Wildman–Crippen MR) is 73.8 cm³/mol. The minimum absolute atomic E-state index is 0.137. The largest absolute Gasteiger partial charge is 0.504 e. The van der Waals surface area contributed by atoms with E-state index in [1.54, 1.807) is 13.0 Å². The number of nitrogens with zero attached hydrogens (tertiary/aromatic N) is 2. The lowest BCUT2D eigenvalue weighted by Crippen LogP contribution is -2.21. The van der Waals surface area contributed by atoms with Crippen LogP contribution >= 0.6 is 0 Å². The fourth-order valence-corrected chi connectivity index (χ4v) is 1.92. The van der Waals surface area contributed by atoms with Gasteiger partial charge in [-0.25, -0.2) is 0 Å². The molecule has 0 saturated carbocycles. The van der Waals surface area contributed by atoms with Crippen LogP contribution in [0.3, 0.4) is 0 Å². The zero-order valence-corrected chi connectivity index (χ0v) is 11.9. The van der Waals surface area contributed by atoms with Crippen LogP contribution in [0.4, 0.5) is 0 Å². The van der Waals surface area contributed by atoms with Crippen LogP contribution in [-0.2, 0) is 6.42 Å². The van der Waals surface area contributed by atoms with Gasteiger partial charge in [0, 0.05) is 25.9 Å². The molecule has 1 heterocycles. The van der Waals surface area contributed by atoms with Crippen LogP contribution in [0.25, 0.3) is 0 Å². The third kappa shape index (κ3) is 3.48.